The molecule has 0 saturated carbocycles. The molecule has 2 heterocycles. The van der Waals surface area contributed by atoms with Crippen LogP contribution in [0.2, 0.25) is 0 Å². The van der Waals surface area contributed by atoms with Crippen molar-refractivity contribution in [1.82, 2.24) is 9.55 Å². The Balaban J connectivity index is 1.91. The Labute approximate surface area is 111 Å². The van der Waals surface area contributed by atoms with Gasteiger partial charge in [-0.05, 0) is 36.6 Å². The van der Waals surface area contributed by atoms with Crippen molar-refractivity contribution in [1.29, 1.82) is 0 Å². The van der Waals surface area contributed by atoms with Crippen LogP contribution in [0.3, 0.4) is 0 Å². The molecule has 5 nitrogen and oxygen atoms in total. The third-order valence-corrected chi connectivity index (χ3v) is 3.32. The number of anilines is 3. The van der Waals surface area contributed by atoms with E-state index in [0.29, 0.717) is 5.82 Å². The Morgan fingerprint density at radius 2 is 2.32 bits per heavy atom. The van der Waals surface area contributed by atoms with Crippen LogP contribution >= 0.6 is 0 Å². The molecular weight excluding hydrogens is 240 g/mol. The fraction of sp³-hybridized carbons (Fsp3) is 0.286. The van der Waals surface area contributed by atoms with E-state index >= 15 is 0 Å². The number of aryl methyl sites for hydroxylation is 2. The summed E-state index contributed by atoms with van der Waals surface area (Å²) in [6, 6.07) is 6.09. The van der Waals surface area contributed by atoms with Gasteiger partial charge in [-0.1, -0.05) is 0 Å². The second-order valence-corrected chi connectivity index (χ2v) is 4.72. The molecule has 0 saturated heterocycles. The Hall–Kier alpha value is -2.30. The molecule has 2 N–H and O–H groups in total. The molecule has 0 spiro atoms. The summed E-state index contributed by atoms with van der Waals surface area (Å²) in [5, 5.41) is 6.46. The molecule has 1 aliphatic rings. The fourth-order valence-corrected chi connectivity index (χ4v) is 2.27. The molecule has 1 aromatic carbocycles. The van der Waals surface area contributed by atoms with Crippen molar-refractivity contribution in [2.75, 3.05) is 17.2 Å². The summed E-state index contributed by atoms with van der Waals surface area (Å²) in [5.74, 6) is 0.355. The summed E-state index contributed by atoms with van der Waals surface area (Å²) in [6.45, 7) is 1.03. The summed E-state index contributed by atoms with van der Waals surface area (Å²) < 4.78 is 1.51. The first kappa shape index (κ1) is 11.8. The van der Waals surface area contributed by atoms with Crippen molar-refractivity contribution in [3.05, 3.63) is 46.5 Å². The second kappa shape index (κ2) is 4.76. The van der Waals surface area contributed by atoms with E-state index in [1.54, 1.807) is 19.4 Å². The number of nitrogens with zero attached hydrogens (tertiary/aromatic N) is 2. The van der Waals surface area contributed by atoms with E-state index in [2.05, 4.69) is 21.7 Å². The Morgan fingerprint density at radius 1 is 1.42 bits per heavy atom. The van der Waals surface area contributed by atoms with Gasteiger partial charge in [-0.2, -0.15) is 0 Å². The topological polar surface area (TPSA) is 59.0 Å². The highest BCUT2D eigenvalue weighted by Gasteiger charge is 2.10. The van der Waals surface area contributed by atoms with Crippen LogP contribution in [0.4, 0.5) is 17.2 Å². The number of nitrogens with one attached hydrogen (secondary N) is 2. The van der Waals surface area contributed by atoms with Crippen LogP contribution in [0.25, 0.3) is 0 Å². The second-order valence-electron chi connectivity index (χ2n) is 4.72. The van der Waals surface area contributed by atoms with Crippen LogP contribution < -0.4 is 16.2 Å². The van der Waals surface area contributed by atoms with Gasteiger partial charge in [-0.15, -0.1) is 0 Å². The zero-order valence-electron chi connectivity index (χ0n) is 10.8. The maximum absolute atomic E-state index is 11.9. The minimum atomic E-state index is -0.127. The molecule has 0 amide bonds. The van der Waals surface area contributed by atoms with Gasteiger partial charge in [0.15, 0.2) is 5.82 Å². The molecule has 0 fully saturated rings. The molecule has 0 radical (unpaired) electrons. The highest BCUT2D eigenvalue weighted by Crippen LogP contribution is 2.25. The minimum Gasteiger partial charge on any atom is -0.385 e. The van der Waals surface area contributed by atoms with E-state index in [1.165, 1.54) is 15.8 Å². The third kappa shape index (κ3) is 2.31. The van der Waals surface area contributed by atoms with Gasteiger partial charge < -0.3 is 15.2 Å². The number of hydrogen-bond donors (Lipinski definition) is 2. The van der Waals surface area contributed by atoms with Crippen LogP contribution in [0.15, 0.2) is 35.4 Å². The van der Waals surface area contributed by atoms with Crippen molar-refractivity contribution in [2.45, 2.75) is 12.8 Å². The lowest BCUT2D eigenvalue weighted by Gasteiger charge is -2.18. The van der Waals surface area contributed by atoms with Crippen LogP contribution in [-0.2, 0) is 13.5 Å². The Morgan fingerprint density at radius 3 is 3.21 bits per heavy atom. The molecule has 19 heavy (non-hydrogen) atoms. The van der Waals surface area contributed by atoms with E-state index in [9.17, 15) is 4.79 Å². The molecule has 2 aromatic rings. The first-order valence-corrected chi connectivity index (χ1v) is 6.39. The van der Waals surface area contributed by atoms with Gasteiger partial charge in [0, 0.05) is 37.4 Å². The molecule has 0 aliphatic carbocycles. The summed E-state index contributed by atoms with van der Waals surface area (Å²) >= 11 is 0. The summed E-state index contributed by atoms with van der Waals surface area (Å²) in [5.41, 5.74) is 3.24. The highest BCUT2D eigenvalue weighted by atomic mass is 16.1. The first-order valence-electron chi connectivity index (χ1n) is 6.39. The van der Waals surface area contributed by atoms with Crippen molar-refractivity contribution < 1.29 is 0 Å². The molecule has 0 atom stereocenters. The number of benzene rings is 1. The van der Waals surface area contributed by atoms with Crippen molar-refractivity contribution in [3.63, 3.8) is 0 Å². The van der Waals surface area contributed by atoms with Gasteiger partial charge in [-0.25, -0.2) is 4.98 Å². The van der Waals surface area contributed by atoms with Crippen LogP contribution in [-0.4, -0.2) is 16.1 Å². The summed E-state index contributed by atoms with van der Waals surface area (Å²) in [6.07, 6.45) is 5.47. The van der Waals surface area contributed by atoms with Crippen LogP contribution in [0.1, 0.15) is 12.0 Å². The summed E-state index contributed by atoms with van der Waals surface area (Å²) in [7, 11) is 1.71. The zero-order chi connectivity index (χ0) is 13.2. The van der Waals surface area contributed by atoms with Gasteiger partial charge in [0.05, 0.1) is 0 Å². The normalized spacial score (nSPS) is 13.5. The largest absolute Gasteiger partial charge is 0.385 e. The fourth-order valence-electron chi connectivity index (χ4n) is 2.27. The molecule has 0 unspecified atom stereocenters. The Bertz CT molecular complexity index is 663. The predicted octanol–water partition coefficient (Wildman–Crippen LogP) is 1.88. The predicted molar refractivity (Wildman–Crippen MR) is 76.0 cm³/mol. The molecule has 98 valence electrons. The zero-order valence-corrected chi connectivity index (χ0v) is 10.8. The monoisotopic (exact) mass is 256 g/mol. The van der Waals surface area contributed by atoms with Crippen LogP contribution in [0, 0.1) is 0 Å². The number of fused-ring (bicyclic) bond motifs is 1. The average molecular weight is 256 g/mol. The van der Waals surface area contributed by atoms with Crippen molar-refractivity contribution in [2.24, 2.45) is 7.05 Å². The molecule has 1 aromatic heterocycles. The van der Waals surface area contributed by atoms with Crippen molar-refractivity contribution in [3.8, 4) is 0 Å². The third-order valence-electron chi connectivity index (χ3n) is 3.32. The summed E-state index contributed by atoms with van der Waals surface area (Å²) in [4.78, 5) is 16.0. The van der Waals surface area contributed by atoms with E-state index < -0.39 is 0 Å². The maximum atomic E-state index is 11.9. The van der Waals surface area contributed by atoms with Gasteiger partial charge in [-0.3, -0.25) is 4.79 Å². The number of rotatable bonds is 2. The lowest BCUT2D eigenvalue weighted by atomic mass is 10.0. The highest BCUT2D eigenvalue weighted by molar-refractivity contribution is 5.64. The number of hydrogen-bond acceptors (Lipinski definition) is 4. The standard InChI is InChI=1S/C14H16N4O/c1-18-8-7-16-13(14(18)19)17-11-4-5-12-10(9-11)3-2-6-15-12/h4-5,7-9,15H,2-3,6H2,1H3,(H,16,17). The quantitative estimate of drug-likeness (QED) is 0.861. The maximum Gasteiger partial charge on any atom is 0.293 e. The lowest BCUT2D eigenvalue weighted by molar-refractivity contribution is 0.830. The van der Waals surface area contributed by atoms with E-state index in [1.807, 2.05) is 12.1 Å². The Kier molecular flexibility index (Phi) is 2.95. The molecular formula is C14H16N4O. The van der Waals surface area contributed by atoms with E-state index in [4.69, 9.17) is 0 Å². The first-order chi connectivity index (χ1) is 9.24. The molecule has 1 aliphatic heterocycles. The SMILES string of the molecule is Cn1ccnc(Nc2ccc3c(c2)CCCN3)c1=O. The molecule has 5 heteroatoms. The van der Waals surface area contributed by atoms with Gasteiger partial charge in [0.25, 0.3) is 5.56 Å². The minimum absolute atomic E-state index is 0.127. The number of aromatic nitrogens is 2. The van der Waals surface area contributed by atoms with Gasteiger partial charge in [0.1, 0.15) is 0 Å². The van der Waals surface area contributed by atoms with E-state index in [-0.39, 0.29) is 5.56 Å². The van der Waals surface area contributed by atoms with Crippen molar-refractivity contribution >= 4 is 17.2 Å². The molecule has 3 rings (SSSR count). The van der Waals surface area contributed by atoms with Gasteiger partial charge >= 0.3 is 0 Å². The van der Waals surface area contributed by atoms with Crippen LogP contribution in [0.5, 0.6) is 0 Å². The average Bonchev–Trinajstić information content (AvgIpc) is 2.44. The lowest BCUT2D eigenvalue weighted by Crippen LogP contribution is -2.20. The molecule has 0 bridgehead atoms. The van der Waals surface area contributed by atoms with Gasteiger partial charge in [0.2, 0.25) is 0 Å². The smallest absolute Gasteiger partial charge is 0.293 e. The van der Waals surface area contributed by atoms with E-state index in [0.717, 1.165) is 25.1 Å².